The zero-order chi connectivity index (χ0) is 19.4. The summed E-state index contributed by atoms with van der Waals surface area (Å²) in [7, 11) is -3.69. The van der Waals surface area contributed by atoms with Gasteiger partial charge in [0.2, 0.25) is 5.91 Å². The molecule has 1 aliphatic heterocycles. The van der Waals surface area contributed by atoms with E-state index in [0.717, 1.165) is 24.1 Å². The summed E-state index contributed by atoms with van der Waals surface area (Å²) in [6.45, 7) is 4.95. The van der Waals surface area contributed by atoms with Gasteiger partial charge in [-0.25, -0.2) is 8.42 Å². The molecule has 0 fully saturated rings. The molecule has 7 heteroatoms. The Morgan fingerprint density at radius 1 is 1.15 bits per heavy atom. The van der Waals surface area contributed by atoms with Crippen molar-refractivity contribution in [1.29, 1.82) is 0 Å². The smallest absolute Gasteiger partial charge is 0.261 e. The summed E-state index contributed by atoms with van der Waals surface area (Å²) >= 11 is 0. The van der Waals surface area contributed by atoms with Crippen LogP contribution >= 0.6 is 0 Å². The number of carbonyl (C=O) groups excluding carboxylic acids is 1. The number of hydrogen-bond donors (Lipinski definition) is 1. The number of rotatable bonds is 6. The van der Waals surface area contributed by atoms with E-state index in [1.165, 1.54) is 12.1 Å². The van der Waals surface area contributed by atoms with Crippen LogP contribution < -0.4 is 14.4 Å². The van der Waals surface area contributed by atoms with E-state index < -0.39 is 10.0 Å². The predicted octanol–water partition coefficient (Wildman–Crippen LogP) is 3.58. The first-order chi connectivity index (χ1) is 12.9. The predicted molar refractivity (Wildman–Crippen MR) is 106 cm³/mol. The summed E-state index contributed by atoms with van der Waals surface area (Å²) in [5.74, 6) is 0.713. The highest BCUT2D eigenvalue weighted by molar-refractivity contribution is 7.92. The molecule has 1 N–H and O–H groups in total. The fourth-order valence-electron chi connectivity index (χ4n) is 3.21. The largest absolute Gasteiger partial charge is 0.494 e. The van der Waals surface area contributed by atoms with Crippen LogP contribution in [0.2, 0.25) is 0 Å². The summed E-state index contributed by atoms with van der Waals surface area (Å²) < 4.78 is 33.2. The fourth-order valence-corrected chi connectivity index (χ4v) is 4.26. The molecule has 2 aromatic rings. The molecule has 0 spiro atoms. The Morgan fingerprint density at radius 2 is 1.89 bits per heavy atom. The van der Waals surface area contributed by atoms with E-state index in [0.29, 0.717) is 31.0 Å². The molecule has 1 amide bonds. The van der Waals surface area contributed by atoms with Gasteiger partial charge in [0.15, 0.2) is 0 Å². The maximum absolute atomic E-state index is 12.6. The van der Waals surface area contributed by atoms with Crippen molar-refractivity contribution in [2.45, 2.75) is 38.0 Å². The van der Waals surface area contributed by atoms with Crippen LogP contribution in [-0.2, 0) is 21.2 Å². The summed E-state index contributed by atoms with van der Waals surface area (Å²) in [4.78, 5) is 14.1. The van der Waals surface area contributed by atoms with Crippen molar-refractivity contribution < 1.29 is 17.9 Å². The molecule has 0 unspecified atom stereocenters. The average molecular weight is 388 g/mol. The second-order valence-corrected chi connectivity index (χ2v) is 8.04. The quantitative estimate of drug-likeness (QED) is 0.821. The third-order valence-corrected chi connectivity index (χ3v) is 5.90. The van der Waals surface area contributed by atoms with Gasteiger partial charge in [0.25, 0.3) is 10.0 Å². The van der Waals surface area contributed by atoms with E-state index in [4.69, 9.17) is 4.74 Å². The highest BCUT2D eigenvalue weighted by atomic mass is 32.2. The van der Waals surface area contributed by atoms with Crippen molar-refractivity contribution in [2.75, 3.05) is 22.8 Å². The molecule has 144 valence electrons. The number of sulfonamides is 1. The zero-order valence-corrected chi connectivity index (χ0v) is 16.4. The van der Waals surface area contributed by atoms with Crippen molar-refractivity contribution in [1.82, 2.24) is 0 Å². The minimum absolute atomic E-state index is 0.0821. The first-order valence-electron chi connectivity index (χ1n) is 9.13. The number of hydrogen-bond acceptors (Lipinski definition) is 4. The number of anilines is 2. The van der Waals surface area contributed by atoms with Crippen LogP contribution in [0.3, 0.4) is 0 Å². The fraction of sp³-hybridized carbons (Fsp3) is 0.350. The van der Waals surface area contributed by atoms with Crippen molar-refractivity contribution in [3.63, 3.8) is 0 Å². The van der Waals surface area contributed by atoms with Gasteiger partial charge in [-0.05, 0) is 67.8 Å². The molecule has 0 radical (unpaired) electrons. The molecular weight excluding hydrogens is 364 g/mol. The van der Waals surface area contributed by atoms with Crippen LogP contribution in [-0.4, -0.2) is 27.5 Å². The molecule has 0 saturated heterocycles. The third-order valence-electron chi connectivity index (χ3n) is 4.50. The van der Waals surface area contributed by atoms with E-state index in [1.54, 1.807) is 23.1 Å². The maximum Gasteiger partial charge on any atom is 0.261 e. The lowest BCUT2D eigenvalue weighted by atomic mass is 10.0. The van der Waals surface area contributed by atoms with Gasteiger partial charge in [-0.3, -0.25) is 9.52 Å². The van der Waals surface area contributed by atoms with Crippen molar-refractivity contribution in [2.24, 2.45) is 0 Å². The molecule has 0 saturated carbocycles. The number of fused-ring (bicyclic) bond motifs is 1. The number of amides is 1. The molecule has 0 atom stereocenters. The first kappa shape index (κ1) is 19.2. The highest BCUT2D eigenvalue weighted by Crippen LogP contribution is 2.31. The lowest BCUT2D eigenvalue weighted by Crippen LogP contribution is -2.34. The standard InChI is InChI=1S/C20H24N2O4S/c1-3-20(23)22-13-5-6-15-14-16(7-12-19(15)22)21-27(24,25)18-10-8-17(9-11-18)26-4-2/h7-12,14,21H,3-6,13H2,1-2H3. The highest BCUT2D eigenvalue weighted by Gasteiger charge is 2.22. The van der Waals surface area contributed by atoms with Gasteiger partial charge >= 0.3 is 0 Å². The molecule has 0 aliphatic carbocycles. The Labute approximate surface area is 160 Å². The maximum atomic E-state index is 12.6. The number of nitrogens with one attached hydrogen (secondary N) is 1. The van der Waals surface area contributed by atoms with Crippen LogP contribution in [0.5, 0.6) is 5.75 Å². The van der Waals surface area contributed by atoms with E-state index in [1.807, 2.05) is 26.0 Å². The zero-order valence-electron chi connectivity index (χ0n) is 15.6. The molecular formula is C20H24N2O4S. The number of aryl methyl sites for hydroxylation is 1. The summed E-state index contributed by atoms with van der Waals surface area (Å²) in [6.07, 6.45) is 2.14. The first-order valence-corrected chi connectivity index (χ1v) is 10.6. The second-order valence-electron chi connectivity index (χ2n) is 6.36. The number of carbonyl (C=O) groups is 1. The topological polar surface area (TPSA) is 75.7 Å². The van der Waals surface area contributed by atoms with E-state index in [9.17, 15) is 13.2 Å². The molecule has 1 heterocycles. The summed E-state index contributed by atoms with van der Waals surface area (Å²) in [6, 6.07) is 11.7. The molecule has 3 rings (SSSR count). The number of benzene rings is 2. The molecule has 6 nitrogen and oxygen atoms in total. The lowest BCUT2D eigenvalue weighted by Gasteiger charge is -2.29. The minimum Gasteiger partial charge on any atom is -0.494 e. The normalized spacial score (nSPS) is 13.8. The Bertz CT molecular complexity index is 923. The molecule has 2 aromatic carbocycles. The van der Waals surface area contributed by atoms with Gasteiger partial charge < -0.3 is 9.64 Å². The third kappa shape index (κ3) is 4.24. The summed E-state index contributed by atoms with van der Waals surface area (Å²) in [5.41, 5.74) is 2.35. The Kier molecular flexibility index (Phi) is 5.70. The molecule has 1 aliphatic rings. The van der Waals surface area contributed by atoms with Gasteiger partial charge in [0, 0.05) is 24.3 Å². The monoisotopic (exact) mass is 388 g/mol. The lowest BCUT2D eigenvalue weighted by molar-refractivity contribution is -0.118. The van der Waals surface area contributed by atoms with Gasteiger partial charge in [0.1, 0.15) is 5.75 Å². The Hall–Kier alpha value is -2.54. The van der Waals surface area contributed by atoms with Gasteiger partial charge in [0.05, 0.1) is 11.5 Å². The van der Waals surface area contributed by atoms with Gasteiger partial charge in [-0.1, -0.05) is 6.92 Å². The minimum atomic E-state index is -3.69. The molecule has 0 aromatic heterocycles. The van der Waals surface area contributed by atoms with Crippen molar-refractivity contribution in [3.8, 4) is 5.75 Å². The number of ether oxygens (including phenoxy) is 1. The summed E-state index contributed by atoms with van der Waals surface area (Å²) in [5, 5.41) is 0. The van der Waals surface area contributed by atoms with E-state index in [-0.39, 0.29) is 10.8 Å². The Morgan fingerprint density at radius 3 is 2.56 bits per heavy atom. The van der Waals surface area contributed by atoms with Crippen LogP contribution in [0.25, 0.3) is 0 Å². The van der Waals surface area contributed by atoms with E-state index in [2.05, 4.69) is 4.72 Å². The van der Waals surface area contributed by atoms with Crippen LogP contribution in [0.4, 0.5) is 11.4 Å². The van der Waals surface area contributed by atoms with Crippen molar-refractivity contribution in [3.05, 3.63) is 48.0 Å². The number of nitrogens with zero attached hydrogens (tertiary/aromatic N) is 1. The molecule has 27 heavy (non-hydrogen) atoms. The van der Waals surface area contributed by atoms with Crippen molar-refractivity contribution >= 4 is 27.3 Å². The second kappa shape index (κ2) is 8.00. The van der Waals surface area contributed by atoms with Gasteiger partial charge in [-0.15, -0.1) is 0 Å². The van der Waals surface area contributed by atoms with Gasteiger partial charge in [-0.2, -0.15) is 0 Å². The average Bonchev–Trinajstić information content (AvgIpc) is 2.67. The SMILES string of the molecule is CCOc1ccc(S(=O)(=O)Nc2ccc3c(c2)CCCN3C(=O)CC)cc1. The van der Waals surface area contributed by atoms with Crippen LogP contribution in [0.15, 0.2) is 47.4 Å². The van der Waals surface area contributed by atoms with E-state index >= 15 is 0 Å². The Balaban J connectivity index is 1.82. The molecule has 0 bridgehead atoms. The van der Waals surface area contributed by atoms with Crippen LogP contribution in [0, 0.1) is 0 Å². The van der Waals surface area contributed by atoms with Crippen LogP contribution in [0.1, 0.15) is 32.3 Å².